The highest BCUT2D eigenvalue weighted by molar-refractivity contribution is 6.32. The molecule has 0 aliphatic heterocycles. The monoisotopic (exact) mass is 430 g/mol. The van der Waals surface area contributed by atoms with E-state index in [-0.39, 0.29) is 5.75 Å². The van der Waals surface area contributed by atoms with Crippen molar-refractivity contribution in [1.82, 2.24) is 0 Å². The number of allylic oxidation sites excluding steroid dienone is 1. The van der Waals surface area contributed by atoms with Crippen LogP contribution in [0.1, 0.15) is 46.2 Å². The minimum absolute atomic E-state index is 0.224. The molecule has 4 heteroatoms. The molecule has 31 heavy (non-hydrogen) atoms. The van der Waals surface area contributed by atoms with E-state index in [2.05, 4.69) is 24.3 Å². The van der Waals surface area contributed by atoms with Crippen LogP contribution in [0.5, 0.6) is 5.75 Å². The summed E-state index contributed by atoms with van der Waals surface area (Å²) in [5.74, 6) is -0.738. The van der Waals surface area contributed by atoms with E-state index in [0.29, 0.717) is 0 Å². The van der Waals surface area contributed by atoms with Gasteiger partial charge in [0.25, 0.3) is 0 Å². The number of carboxylic acid groups (broad SMARTS) is 1. The molecular formula is C27H23ClO3. The second kappa shape index (κ2) is 8.83. The maximum atomic E-state index is 10.9. The highest BCUT2D eigenvalue weighted by Gasteiger charge is 2.21. The van der Waals surface area contributed by atoms with Gasteiger partial charge in [0.2, 0.25) is 0 Å². The molecule has 0 saturated carbocycles. The Morgan fingerprint density at radius 1 is 0.968 bits per heavy atom. The molecule has 0 spiro atoms. The van der Waals surface area contributed by atoms with Gasteiger partial charge in [0, 0.05) is 11.1 Å². The second-order valence-corrected chi connectivity index (χ2v) is 8.23. The Kier molecular flexibility index (Phi) is 5.97. The number of hydrogen-bond acceptors (Lipinski definition) is 2. The topological polar surface area (TPSA) is 57.5 Å². The molecule has 0 radical (unpaired) electrons. The van der Waals surface area contributed by atoms with Crippen molar-refractivity contribution in [3.05, 3.63) is 105 Å². The number of carboxylic acids is 1. The Hall–Kier alpha value is -3.30. The van der Waals surface area contributed by atoms with Crippen LogP contribution in [0.3, 0.4) is 0 Å². The number of aryl methyl sites for hydroxylation is 2. The molecule has 1 aliphatic carbocycles. The van der Waals surface area contributed by atoms with Gasteiger partial charge < -0.3 is 10.2 Å². The number of phenols is 1. The van der Waals surface area contributed by atoms with E-state index in [1.54, 1.807) is 18.2 Å². The fourth-order valence-corrected chi connectivity index (χ4v) is 4.52. The zero-order valence-electron chi connectivity index (χ0n) is 17.2. The van der Waals surface area contributed by atoms with Gasteiger partial charge >= 0.3 is 5.97 Å². The highest BCUT2D eigenvalue weighted by Crippen LogP contribution is 2.42. The molecule has 156 valence electrons. The maximum absolute atomic E-state index is 10.9. The summed E-state index contributed by atoms with van der Waals surface area (Å²) >= 11 is 6.68. The fraction of sp³-hybridized carbons (Fsp3) is 0.148. The number of aliphatic carboxylic acids is 1. The van der Waals surface area contributed by atoms with Gasteiger partial charge in [0.1, 0.15) is 5.75 Å². The number of aromatic hydroxyl groups is 1. The highest BCUT2D eigenvalue weighted by atomic mass is 35.5. The van der Waals surface area contributed by atoms with Crippen LogP contribution in [-0.4, -0.2) is 16.2 Å². The molecule has 0 bridgehead atoms. The first-order valence-corrected chi connectivity index (χ1v) is 10.6. The molecule has 3 aromatic carbocycles. The van der Waals surface area contributed by atoms with Crippen LogP contribution >= 0.6 is 11.6 Å². The van der Waals surface area contributed by atoms with Gasteiger partial charge in [0.15, 0.2) is 0 Å². The number of benzene rings is 3. The first kappa shape index (κ1) is 21.0. The van der Waals surface area contributed by atoms with Crippen molar-refractivity contribution in [2.24, 2.45) is 0 Å². The summed E-state index contributed by atoms with van der Waals surface area (Å²) in [6, 6.07) is 19.5. The summed E-state index contributed by atoms with van der Waals surface area (Å²) < 4.78 is 0. The predicted molar refractivity (Wildman–Crippen MR) is 126 cm³/mol. The van der Waals surface area contributed by atoms with Crippen molar-refractivity contribution in [3.8, 4) is 5.75 Å². The summed E-state index contributed by atoms with van der Waals surface area (Å²) in [6.45, 7) is 2.03. The third kappa shape index (κ3) is 4.57. The Morgan fingerprint density at radius 3 is 2.42 bits per heavy atom. The van der Waals surface area contributed by atoms with E-state index >= 15 is 0 Å². The van der Waals surface area contributed by atoms with Gasteiger partial charge in [0.05, 0.1) is 0 Å². The molecule has 0 amide bonds. The number of rotatable bonds is 4. The molecule has 0 aromatic heterocycles. The zero-order chi connectivity index (χ0) is 22.0. The number of hydrogen-bond donors (Lipinski definition) is 2. The minimum Gasteiger partial charge on any atom is -0.508 e. The summed E-state index contributed by atoms with van der Waals surface area (Å²) in [5, 5.41) is 19.5. The summed E-state index contributed by atoms with van der Waals surface area (Å²) in [4.78, 5) is 10.9. The number of carbonyl (C=O) groups is 1. The second-order valence-electron chi connectivity index (χ2n) is 7.83. The summed E-state index contributed by atoms with van der Waals surface area (Å²) in [6.07, 6.45) is 5.49. The van der Waals surface area contributed by atoms with Gasteiger partial charge in [-0.25, -0.2) is 4.79 Å². The van der Waals surface area contributed by atoms with E-state index in [4.69, 9.17) is 16.7 Å². The fourth-order valence-electron chi connectivity index (χ4n) is 4.17. The molecule has 1 aliphatic rings. The van der Waals surface area contributed by atoms with Gasteiger partial charge in [-0.2, -0.15) is 0 Å². The van der Waals surface area contributed by atoms with Crippen LogP contribution in [0.15, 0.2) is 66.7 Å². The van der Waals surface area contributed by atoms with Gasteiger partial charge in [-0.1, -0.05) is 54.1 Å². The van der Waals surface area contributed by atoms with Gasteiger partial charge in [-0.05, 0) is 95.0 Å². The van der Waals surface area contributed by atoms with Gasteiger partial charge in [-0.15, -0.1) is 0 Å². The predicted octanol–water partition coefficient (Wildman–Crippen LogP) is 6.75. The van der Waals surface area contributed by atoms with Crippen molar-refractivity contribution in [2.75, 3.05) is 0 Å². The Bertz CT molecular complexity index is 1200. The standard InChI is InChI=1S/C27H23ClO3/c1-17-5-12-23(25(28)15-17)24-4-2-3-20-16-18(7-14-26(30)31)6-13-22(20)27(24)19-8-10-21(29)11-9-19/h5-16,29H,2-4H2,1H3,(H,30,31)/b14-7+. The molecule has 0 atom stereocenters. The van der Waals surface area contributed by atoms with Gasteiger partial charge in [-0.3, -0.25) is 0 Å². The lowest BCUT2D eigenvalue weighted by Gasteiger charge is -2.18. The molecule has 3 nitrogen and oxygen atoms in total. The normalized spacial score (nSPS) is 13.9. The van der Waals surface area contributed by atoms with Crippen molar-refractivity contribution in [1.29, 1.82) is 0 Å². The zero-order valence-corrected chi connectivity index (χ0v) is 18.0. The van der Waals surface area contributed by atoms with Crippen LogP contribution < -0.4 is 0 Å². The maximum Gasteiger partial charge on any atom is 0.328 e. The molecule has 0 fully saturated rings. The molecule has 0 heterocycles. The van der Waals surface area contributed by atoms with E-state index < -0.39 is 5.97 Å². The van der Waals surface area contributed by atoms with Crippen LogP contribution in [-0.2, 0) is 11.2 Å². The molecule has 0 saturated heterocycles. The average molecular weight is 431 g/mol. The first-order chi connectivity index (χ1) is 14.9. The number of halogens is 1. The van der Waals surface area contributed by atoms with Crippen LogP contribution in [0.25, 0.3) is 17.2 Å². The number of phenolic OH excluding ortho intramolecular Hbond substituents is 1. The van der Waals surface area contributed by atoms with E-state index in [1.165, 1.54) is 11.1 Å². The van der Waals surface area contributed by atoms with E-state index in [1.807, 2.05) is 31.2 Å². The third-order valence-corrected chi connectivity index (χ3v) is 5.91. The molecule has 0 unspecified atom stereocenters. The first-order valence-electron chi connectivity index (χ1n) is 10.3. The lowest BCUT2D eigenvalue weighted by molar-refractivity contribution is -0.131. The van der Waals surface area contributed by atoms with Crippen molar-refractivity contribution in [2.45, 2.75) is 26.2 Å². The van der Waals surface area contributed by atoms with Crippen molar-refractivity contribution >= 4 is 34.8 Å². The molecule has 4 rings (SSSR count). The molecular weight excluding hydrogens is 408 g/mol. The summed E-state index contributed by atoms with van der Waals surface area (Å²) in [7, 11) is 0. The summed E-state index contributed by atoms with van der Waals surface area (Å²) in [5.41, 5.74) is 8.60. The van der Waals surface area contributed by atoms with Crippen molar-refractivity contribution in [3.63, 3.8) is 0 Å². The van der Waals surface area contributed by atoms with E-state index in [0.717, 1.165) is 63.8 Å². The third-order valence-electron chi connectivity index (χ3n) is 5.60. The Balaban J connectivity index is 1.95. The lowest BCUT2D eigenvalue weighted by Crippen LogP contribution is -1.97. The number of fused-ring (bicyclic) bond motifs is 1. The van der Waals surface area contributed by atoms with Crippen LogP contribution in [0, 0.1) is 6.92 Å². The van der Waals surface area contributed by atoms with Crippen LogP contribution in [0.2, 0.25) is 5.02 Å². The molecule has 2 N–H and O–H groups in total. The largest absolute Gasteiger partial charge is 0.508 e. The Labute approximate surface area is 186 Å². The Morgan fingerprint density at radius 2 is 1.71 bits per heavy atom. The van der Waals surface area contributed by atoms with Crippen molar-refractivity contribution < 1.29 is 15.0 Å². The SMILES string of the molecule is Cc1ccc(C2=C(c3ccc(O)cc3)c3ccc(/C=C/C(=O)O)cc3CCC2)c(Cl)c1. The molecule has 3 aromatic rings. The quantitative estimate of drug-likeness (QED) is 0.450. The van der Waals surface area contributed by atoms with E-state index in [9.17, 15) is 9.90 Å². The smallest absolute Gasteiger partial charge is 0.328 e. The minimum atomic E-state index is -0.962. The lowest BCUT2D eigenvalue weighted by atomic mass is 9.87. The van der Waals surface area contributed by atoms with Crippen LogP contribution in [0.4, 0.5) is 0 Å². The average Bonchev–Trinajstić information content (AvgIpc) is 2.92.